The normalized spacial score (nSPS) is 21.5. The van der Waals surface area contributed by atoms with E-state index in [9.17, 15) is 0 Å². The highest BCUT2D eigenvalue weighted by molar-refractivity contribution is 14.1. The molecule has 2 atom stereocenters. The largest absolute Gasteiger partial charge is 0.361 e. The van der Waals surface area contributed by atoms with E-state index in [4.69, 9.17) is 23.8 Å². The zero-order valence-electron chi connectivity index (χ0n) is 16.6. The van der Waals surface area contributed by atoms with Crippen LogP contribution in [0.5, 0.6) is 0 Å². The molecule has 30 heavy (non-hydrogen) atoms. The SMILES string of the molecule is S=C(Nc1ccc2[nH]cc(C3CCN4CCCC4C3)c2c1)Nc1cc(I)ccc1Cl. The molecule has 0 spiro atoms. The fraction of sp³-hybridized carbons (Fsp3) is 0.348. The van der Waals surface area contributed by atoms with E-state index < -0.39 is 0 Å². The van der Waals surface area contributed by atoms with Crippen molar-refractivity contribution in [2.75, 3.05) is 23.7 Å². The van der Waals surface area contributed by atoms with Crippen LogP contribution in [-0.2, 0) is 0 Å². The molecule has 2 unspecified atom stereocenters. The van der Waals surface area contributed by atoms with Gasteiger partial charge in [0.05, 0.1) is 10.7 Å². The number of thiocarbonyl (C=S) groups is 1. The summed E-state index contributed by atoms with van der Waals surface area (Å²) in [5, 5.41) is 9.03. The van der Waals surface area contributed by atoms with E-state index in [1.165, 1.54) is 55.2 Å². The molecule has 2 aliphatic heterocycles. The molecule has 0 radical (unpaired) electrons. The van der Waals surface area contributed by atoms with Crippen LogP contribution in [-0.4, -0.2) is 34.1 Å². The van der Waals surface area contributed by atoms with Crippen LogP contribution in [0.25, 0.3) is 10.9 Å². The van der Waals surface area contributed by atoms with Gasteiger partial charge in [-0.2, -0.15) is 0 Å². The second-order valence-corrected chi connectivity index (χ2v) is 10.3. The molecule has 2 aromatic carbocycles. The number of aromatic amines is 1. The van der Waals surface area contributed by atoms with Crippen LogP contribution in [0.2, 0.25) is 5.02 Å². The summed E-state index contributed by atoms with van der Waals surface area (Å²) >= 11 is 14.1. The van der Waals surface area contributed by atoms with Gasteiger partial charge in [-0.25, -0.2) is 0 Å². The molecule has 3 N–H and O–H groups in total. The number of hydrogen-bond donors (Lipinski definition) is 3. The third kappa shape index (κ3) is 4.20. The van der Waals surface area contributed by atoms with Crippen molar-refractivity contribution in [3.05, 3.63) is 56.8 Å². The monoisotopic (exact) mass is 550 g/mol. The van der Waals surface area contributed by atoms with Crippen molar-refractivity contribution < 1.29 is 0 Å². The van der Waals surface area contributed by atoms with Crippen molar-refractivity contribution in [2.24, 2.45) is 0 Å². The molecule has 156 valence electrons. The van der Waals surface area contributed by atoms with Crippen molar-refractivity contribution >= 4 is 73.8 Å². The molecule has 3 aromatic rings. The first-order chi connectivity index (χ1) is 14.6. The second-order valence-electron chi connectivity index (χ2n) is 8.26. The van der Waals surface area contributed by atoms with E-state index in [0.717, 1.165) is 21.0 Å². The number of rotatable bonds is 3. The number of anilines is 2. The minimum absolute atomic E-state index is 0.537. The van der Waals surface area contributed by atoms with Crippen molar-refractivity contribution in [1.82, 2.24) is 9.88 Å². The number of hydrogen-bond acceptors (Lipinski definition) is 2. The Morgan fingerprint density at radius 2 is 2.03 bits per heavy atom. The lowest BCUT2D eigenvalue weighted by atomic mass is 9.85. The van der Waals surface area contributed by atoms with Crippen molar-refractivity contribution in [1.29, 1.82) is 0 Å². The maximum Gasteiger partial charge on any atom is 0.175 e. The molecular weight excluding hydrogens is 527 g/mol. The summed E-state index contributed by atoms with van der Waals surface area (Å²) in [4.78, 5) is 6.15. The number of nitrogens with one attached hydrogen (secondary N) is 3. The first-order valence-electron chi connectivity index (χ1n) is 10.4. The van der Waals surface area contributed by atoms with E-state index in [-0.39, 0.29) is 0 Å². The molecule has 3 heterocycles. The third-order valence-electron chi connectivity index (χ3n) is 6.41. The van der Waals surface area contributed by atoms with Gasteiger partial charge in [-0.05, 0) is 121 Å². The Kier molecular flexibility index (Phi) is 5.92. The highest BCUT2D eigenvalue weighted by Gasteiger charge is 2.33. The predicted molar refractivity (Wildman–Crippen MR) is 139 cm³/mol. The van der Waals surface area contributed by atoms with E-state index in [0.29, 0.717) is 16.1 Å². The van der Waals surface area contributed by atoms with Crippen LogP contribution in [0.15, 0.2) is 42.6 Å². The Morgan fingerprint density at radius 3 is 2.93 bits per heavy atom. The van der Waals surface area contributed by atoms with Gasteiger partial charge in [0.15, 0.2) is 5.11 Å². The summed E-state index contributed by atoms with van der Waals surface area (Å²) in [5.74, 6) is 0.628. The van der Waals surface area contributed by atoms with E-state index >= 15 is 0 Å². The maximum atomic E-state index is 6.29. The minimum atomic E-state index is 0.537. The van der Waals surface area contributed by atoms with Crippen LogP contribution in [0.4, 0.5) is 11.4 Å². The molecule has 2 saturated heterocycles. The zero-order valence-corrected chi connectivity index (χ0v) is 20.3. The fourth-order valence-electron chi connectivity index (χ4n) is 4.94. The summed E-state index contributed by atoms with van der Waals surface area (Å²) in [6, 6.07) is 13.0. The summed E-state index contributed by atoms with van der Waals surface area (Å²) in [5.41, 5.74) is 4.43. The topological polar surface area (TPSA) is 43.1 Å². The highest BCUT2D eigenvalue weighted by atomic mass is 127. The first kappa shape index (κ1) is 20.5. The Bertz CT molecular complexity index is 1100. The lowest BCUT2D eigenvalue weighted by Gasteiger charge is -2.34. The number of benzene rings is 2. The Hall–Kier alpha value is -1.35. The number of piperidine rings is 1. The third-order valence-corrected chi connectivity index (χ3v) is 7.61. The first-order valence-corrected chi connectivity index (χ1v) is 12.3. The second kappa shape index (κ2) is 8.65. The number of nitrogens with zero attached hydrogens (tertiary/aromatic N) is 1. The molecule has 1 aromatic heterocycles. The Labute approximate surface area is 200 Å². The summed E-state index contributed by atoms with van der Waals surface area (Å²) < 4.78 is 1.11. The van der Waals surface area contributed by atoms with Crippen LogP contribution < -0.4 is 10.6 Å². The van der Waals surface area contributed by atoms with Crippen molar-refractivity contribution in [3.8, 4) is 0 Å². The lowest BCUT2D eigenvalue weighted by Crippen LogP contribution is -2.37. The fourth-order valence-corrected chi connectivity index (χ4v) is 5.83. The highest BCUT2D eigenvalue weighted by Crippen LogP contribution is 2.39. The van der Waals surface area contributed by atoms with Crippen molar-refractivity contribution in [3.63, 3.8) is 0 Å². The zero-order chi connectivity index (χ0) is 20.7. The molecule has 0 amide bonds. The number of aromatic nitrogens is 1. The number of halogens is 2. The van der Waals surface area contributed by atoms with Crippen LogP contribution in [0.1, 0.15) is 37.2 Å². The van der Waals surface area contributed by atoms with Gasteiger partial charge >= 0.3 is 0 Å². The van der Waals surface area contributed by atoms with Gasteiger partial charge in [0.25, 0.3) is 0 Å². The van der Waals surface area contributed by atoms with Crippen LogP contribution in [0, 0.1) is 3.57 Å². The van der Waals surface area contributed by atoms with Crippen LogP contribution in [0.3, 0.4) is 0 Å². The number of fused-ring (bicyclic) bond motifs is 2. The smallest absolute Gasteiger partial charge is 0.175 e. The van der Waals surface area contributed by atoms with Gasteiger partial charge in [-0.1, -0.05) is 11.6 Å². The van der Waals surface area contributed by atoms with E-state index in [2.05, 4.69) is 67.5 Å². The quantitative estimate of drug-likeness (QED) is 0.255. The van der Waals surface area contributed by atoms with Gasteiger partial charge in [0.1, 0.15) is 0 Å². The standard InChI is InChI=1S/C23H24ClIN4S/c24-20-5-3-15(25)11-22(20)28-23(30)27-16-4-6-21-18(12-16)19(13-26-21)14-7-9-29-8-1-2-17(29)10-14/h3-6,11-14,17,26H,1-2,7-10H2,(H2,27,28,30). The maximum absolute atomic E-state index is 6.29. The molecule has 7 heteroatoms. The van der Waals surface area contributed by atoms with Crippen LogP contribution >= 0.6 is 46.4 Å². The average molecular weight is 551 g/mol. The van der Waals surface area contributed by atoms with Crippen molar-refractivity contribution in [2.45, 2.75) is 37.6 Å². The predicted octanol–water partition coefficient (Wildman–Crippen LogP) is 6.58. The lowest BCUT2D eigenvalue weighted by molar-refractivity contribution is 0.181. The Balaban J connectivity index is 1.34. The molecule has 0 aliphatic carbocycles. The average Bonchev–Trinajstić information content (AvgIpc) is 3.36. The van der Waals surface area contributed by atoms with Gasteiger partial charge < -0.3 is 20.5 Å². The van der Waals surface area contributed by atoms with E-state index in [1.807, 2.05) is 18.2 Å². The van der Waals surface area contributed by atoms with Gasteiger partial charge in [-0.15, -0.1) is 0 Å². The van der Waals surface area contributed by atoms with E-state index in [1.54, 1.807) is 0 Å². The molecule has 2 aliphatic rings. The molecule has 4 nitrogen and oxygen atoms in total. The summed E-state index contributed by atoms with van der Waals surface area (Å²) in [6.07, 6.45) is 7.44. The van der Waals surface area contributed by atoms with Gasteiger partial charge in [0, 0.05) is 32.4 Å². The number of H-pyrrole nitrogens is 1. The Morgan fingerprint density at radius 1 is 1.13 bits per heavy atom. The molecule has 2 fully saturated rings. The molecule has 0 bridgehead atoms. The summed E-state index contributed by atoms with van der Waals surface area (Å²) in [6.45, 7) is 2.51. The molecule has 0 saturated carbocycles. The van der Waals surface area contributed by atoms with Gasteiger partial charge in [0.2, 0.25) is 0 Å². The van der Waals surface area contributed by atoms with Gasteiger partial charge in [-0.3, -0.25) is 0 Å². The molecular formula is C23H24ClIN4S. The molecule has 5 rings (SSSR count). The summed E-state index contributed by atoms with van der Waals surface area (Å²) in [7, 11) is 0. The minimum Gasteiger partial charge on any atom is -0.361 e.